The normalized spacial score (nSPS) is 14.7. The van der Waals surface area contributed by atoms with Gasteiger partial charge >= 0.3 is 12.1 Å². The van der Waals surface area contributed by atoms with Crippen LogP contribution in [0.1, 0.15) is 49.7 Å². The Morgan fingerprint density at radius 1 is 1.21 bits per heavy atom. The van der Waals surface area contributed by atoms with Crippen molar-refractivity contribution in [2.45, 2.75) is 25.6 Å². The molecule has 6 nitrogen and oxygen atoms in total. The number of carbonyl (C=O) groups is 3. The quantitative estimate of drug-likeness (QED) is 0.427. The van der Waals surface area contributed by atoms with Gasteiger partial charge in [0.1, 0.15) is 16.7 Å². The molecule has 0 spiro atoms. The van der Waals surface area contributed by atoms with E-state index in [0.717, 1.165) is 28.4 Å². The van der Waals surface area contributed by atoms with E-state index in [1.807, 2.05) is 0 Å². The molecule has 1 aromatic heterocycles. The second-order valence-corrected chi connectivity index (χ2v) is 8.76. The highest BCUT2D eigenvalue weighted by atomic mass is 35.5. The first-order valence-corrected chi connectivity index (χ1v) is 11.1. The number of amides is 2. The van der Waals surface area contributed by atoms with Gasteiger partial charge in [-0.1, -0.05) is 23.7 Å². The number of hydrogen-bond acceptors (Lipinski definition) is 5. The van der Waals surface area contributed by atoms with E-state index >= 15 is 0 Å². The molecule has 1 unspecified atom stereocenters. The number of carbonyl (C=O) groups excluding carboxylic acids is 2. The number of benzene rings is 2. The van der Waals surface area contributed by atoms with Crippen molar-refractivity contribution in [1.82, 2.24) is 0 Å². The van der Waals surface area contributed by atoms with Gasteiger partial charge < -0.3 is 9.84 Å². The molecule has 2 heterocycles. The molecule has 3 aromatic rings. The third-order valence-electron chi connectivity index (χ3n) is 5.22. The van der Waals surface area contributed by atoms with E-state index < -0.39 is 35.6 Å². The number of fused-ring (bicyclic) bond motifs is 1. The number of carboxylic acid groups (broad SMARTS) is 1. The summed E-state index contributed by atoms with van der Waals surface area (Å²) in [6.07, 6.45) is -5.49. The fourth-order valence-corrected chi connectivity index (χ4v) is 4.70. The van der Waals surface area contributed by atoms with E-state index in [-0.39, 0.29) is 38.9 Å². The van der Waals surface area contributed by atoms with Crippen molar-refractivity contribution >= 4 is 46.4 Å². The third kappa shape index (κ3) is 4.38. The highest BCUT2D eigenvalue weighted by Crippen LogP contribution is 2.38. The summed E-state index contributed by atoms with van der Waals surface area (Å²) >= 11 is 7.10. The first kappa shape index (κ1) is 23.8. The fourth-order valence-electron chi connectivity index (χ4n) is 3.60. The van der Waals surface area contributed by atoms with Gasteiger partial charge in [0.2, 0.25) is 5.91 Å². The number of alkyl halides is 3. The molecule has 0 radical (unpaired) electrons. The average Bonchev–Trinajstić information content (AvgIpc) is 3.19. The zero-order valence-electron chi connectivity index (χ0n) is 17.4. The van der Waals surface area contributed by atoms with Crippen LogP contribution in [0.3, 0.4) is 0 Å². The molecule has 1 N–H and O–H groups in total. The molecule has 0 bridgehead atoms. The summed E-state index contributed by atoms with van der Waals surface area (Å²) in [5.41, 5.74) is -0.307. The van der Waals surface area contributed by atoms with Gasteiger partial charge in [-0.05, 0) is 47.7 Å². The van der Waals surface area contributed by atoms with Gasteiger partial charge in [0.15, 0.2) is 0 Å². The molecule has 0 saturated heterocycles. The predicted octanol–water partition coefficient (Wildman–Crippen LogP) is 5.99. The number of hydrogen-bond donors (Lipinski definition) is 1. The van der Waals surface area contributed by atoms with Gasteiger partial charge in [0, 0.05) is 6.07 Å². The number of aromatic carboxylic acids is 1. The van der Waals surface area contributed by atoms with Gasteiger partial charge in [0.05, 0.1) is 28.3 Å². The summed E-state index contributed by atoms with van der Waals surface area (Å²) in [6, 6.07) is 8.84. The monoisotopic (exact) mass is 509 g/mol. The van der Waals surface area contributed by atoms with Gasteiger partial charge in [-0.3, -0.25) is 9.59 Å². The number of nitrogens with zero attached hydrogens (tertiary/aromatic N) is 1. The molecule has 4 rings (SSSR count). The van der Waals surface area contributed by atoms with Crippen LogP contribution in [0.4, 0.5) is 18.9 Å². The summed E-state index contributed by atoms with van der Waals surface area (Å²) in [7, 11) is 0. The highest BCUT2D eigenvalue weighted by molar-refractivity contribution is 7.12. The van der Waals surface area contributed by atoms with Gasteiger partial charge in [0.25, 0.3) is 5.91 Å². The molecule has 34 heavy (non-hydrogen) atoms. The summed E-state index contributed by atoms with van der Waals surface area (Å²) in [5.74, 6) is -2.56. The SMILES string of the molecule is CC(Oc1ccc(Cl)c(N2C(=O)Cc3csc(C(=O)O)c3C2=O)c1)c1cccc(C(F)(F)F)c1. The van der Waals surface area contributed by atoms with Crippen LogP contribution in [-0.2, 0) is 17.4 Å². The second-order valence-electron chi connectivity index (χ2n) is 7.48. The van der Waals surface area contributed by atoms with Crippen LogP contribution in [-0.4, -0.2) is 22.9 Å². The minimum atomic E-state index is -4.51. The number of ether oxygens (including phenoxy) is 1. The maximum absolute atomic E-state index is 13.1. The van der Waals surface area contributed by atoms with Crippen LogP contribution in [0.5, 0.6) is 5.75 Å². The lowest BCUT2D eigenvalue weighted by Crippen LogP contribution is -2.42. The molecular formula is C23H15ClF3NO5S. The lowest BCUT2D eigenvalue weighted by Gasteiger charge is -2.27. The predicted molar refractivity (Wildman–Crippen MR) is 119 cm³/mol. The zero-order valence-corrected chi connectivity index (χ0v) is 18.9. The minimum absolute atomic E-state index is 0.0152. The van der Waals surface area contributed by atoms with Crippen LogP contribution in [0.2, 0.25) is 5.02 Å². The van der Waals surface area contributed by atoms with Crippen LogP contribution < -0.4 is 9.64 Å². The van der Waals surface area contributed by atoms with Crippen LogP contribution >= 0.6 is 22.9 Å². The Morgan fingerprint density at radius 2 is 1.94 bits per heavy atom. The van der Waals surface area contributed by atoms with Crippen molar-refractivity contribution in [3.8, 4) is 5.75 Å². The third-order valence-corrected chi connectivity index (χ3v) is 6.56. The summed E-state index contributed by atoms with van der Waals surface area (Å²) in [5, 5.41) is 10.9. The molecular weight excluding hydrogens is 495 g/mol. The zero-order chi connectivity index (χ0) is 24.8. The Morgan fingerprint density at radius 3 is 2.62 bits per heavy atom. The molecule has 176 valence electrons. The molecule has 11 heteroatoms. The van der Waals surface area contributed by atoms with E-state index in [0.29, 0.717) is 5.56 Å². The van der Waals surface area contributed by atoms with Crippen molar-refractivity contribution in [2.24, 2.45) is 0 Å². The molecule has 1 atom stereocenters. The van der Waals surface area contributed by atoms with Crippen molar-refractivity contribution in [3.63, 3.8) is 0 Å². The van der Waals surface area contributed by atoms with Gasteiger partial charge in [-0.25, -0.2) is 9.69 Å². The summed E-state index contributed by atoms with van der Waals surface area (Å²) < 4.78 is 44.9. The van der Waals surface area contributed by atoms with Gasteiger partial charge in [-0.2, -0.15) is 13.2 Å². The Hall–Kier alpha value is -3.37. The molecule has 1 aliphatic heterocycles. The maximum Gasteiger partial charge on any atom is 0.416 e. The highest BCUT2D eigenvalue weighted by Gasteiger charge is 2.38. The Bertz CT molecular complexity index is 1320. The smallest absolute Gasteiger partial charge is 0.416 e. The topological polar surface area (TPSA) is 83.9 Å². The first-order valence-electron chi connectivity index (χ1n) is 9.81. The molecule has 0 aliphatic carbocycles. The Balaban J connectivity index is 1.65. The minimum Gasteiger partial charge on any atom is -0.486 e. The Kier molecular flexibility index (Phi) is 6.13. The van der Waals surface area contributed by atoms with Crippen LogP contribution in [0.15, 0.2) is 47.8 Å². The van der Waals surface area contributed by atoms with Crippen molar-refractivity contribution in [3.05, 3.63) is 80.0 Å². The molecule has 0 saturated carbocycles. The number of halogens is 4. The maximum atomic E-state index is 13.1. The number of thiophene rings is 1. The molecule has 2 aromatic carbocycles. The largest absolute Gasteiger partial charge is 0.486 e. The molecule has 1 aliphatic rings. The van der Waals surface area contributed by atoms with Crippen molar-refractivity contribution in [2.75, 3.05) is 4.90 Å². The molecule has 2 amide bonds. The molecule has 0 fully saturated rings. The lowest BCUT2D eigenvalue weighted by atomic mass is 10.0. The van der Waals surface area contributed by atoms with E-state index in [4.69, 9.17) is 16.3 Å². The average molecular weight is 510 g/mol. The lowest BCUT2D eigenvalue weighted by molar-refractivity contribution is -0.137. The van der Waals surface area contributed by atoms with E-state index in [1.54, 1.807) is 6.92 Å². The van der Waals surface area contributed by atoms with Crippen molar-refractivity contribution in [1.29, 1.82) is 0 Å². The number of imide groups is 1. The fraction of sp³-hybridized carbons (Fsp3) is 0.174. The van der Waals surface area contributed by atoms with Crippen molar-refractivity contribution < 1.29 is 37.4 Å². The number of anilines is 1. The Labute approximate surface area is 200 Å². The van der Waals surface area contributed by atoms with E-state index in [2.05, 4.69) is 0 Å². The second kappa shape index (κ2) is 8.77. The first-order chi connectivity index (χ1) is 16.0. The van der Waals surface area contributed by atoms with E-state index in [9.17, 15) is 32.7 Å². The van der Waals surface area contributed by atoms with Crippen LogP contribution in [0, 0.1) is 0 Å². The van der Waals surface area contributed by atoms with Crippen LogP contribution in [0.25, 0.3) is 0 Å². The standard InChI is InChI=1S/C23H15ClF3NO5S/c1-11(12-3-2-4-14(7-12)23(25,26)27)33-15-5-6-16(24)17(9-15)28-18(29)8-13-10-34-20(22(31)32)19(13)21(28)30/h2-7,9-11H,8H2,1H3,(H,31,32). The summed E-state index contributed by atoms with van der Waals surface area (Å²) in [4.78, 5) is 38.0. The summed E-state index contributed by atoms with van der Waals surface area (Å²) in [6.45, 7) is 1.55. The number of rotatable bonds is 5. The number of carboxylic acids is 1. The van der Waals surface area contributed by atoms with Gasteiger partial charge in [-0.15, -0.1) is 11.3 Å². The van der Waals surface area contributed by atoms with E-state index in [1.165, 1.54) is 35.7 Å².